The van der Waals surface area contributed by atoms with Gasteiger partial charge in [-0.05, 0) is 37.6 Å². The number of benzene rings is 1. The SMILES string of the molecule is CC(C)C(=O)NC(Cc1c[nH]c2ccccc12)C(=O)NCCN1CCCCC1. The smallest absolute Gasteiger partial charge is 0.242 e. The number of carbonyl (C=O) groups is 2. The molecule has 1 aliphatic heterocycles. The molecule has 2 aromatic rings. The van der Waals surface area contributed by atoms with Crippen LogP contribution in [0.4, 0.5) is 0 Å². The molecule has 1 aromatic heterocycles. The minimum absolute atomic E-state index is 0.101. The van der Waals surface area contributed by atoms with Crippen LogP contribution in [0.25, 0.3) is 10.9 Å². The van der Waals surface area contributed by atoms with Crippen LogP contribution >= 0.6 is 0 Å². The lowest BCUT2D eigenvalue weighted by Crippen LogP contribution is -2.50. The average Bonchev–Trinajstić information content (AvgIpc) is 3.11. The third-order valence-corrected chi connectivity index (χ3v) is 5.43. The highest BCUT2D eigenvalue weighted by molar-refractivity contribution is 5.90. The molecule has 152 valence electrons. The minimum Gasteiger partial charge on any atom is -0.361 e. The topological polar surface area (TPSA) is 77.2 Å². The van der Waals surface area contributed by atoms with Gasteiger partial charge in [-0.25, -0.2) is 0 Å². The number of hydrogen-bond donors (Lipinski definition) is 3. The molecule has 0 saturated carbocycles. The molecular weight excluding hydrogens is 352 g/mol. The van der Waals surface area contributed by atoms with Crippen molar-refractivity contribution in [3.63, 3.8) is 0 Å². The predicted molar refractivity (Wildman–Crippen MR) is 112 cm³/mol. The van der Waals surface area contributed by atoms with Crippen LogP contribution in [0.3, 0.4) is 0 Å². The summed E-state index contributed by atoms with van der Waals surface area (Å²) >= 11 is 0. The highest BCUT2D eigenvalue weighted by Gasteiger charge is 2.23. The maximum Gasteiger partial charge on any atom is 0.242 e. The van der Waals surface area contributed by atoms with E-state index in [0.717, 1.165) is 36.1 Å². The molecule has 6 heteroatoms. The molecule has 2 heterocycles. The van der Waals surface area contributed by atoms with E-state index in [9.17, 15) is 9.59 Å². The van der Waals surface area contributed by atoms with E-state index in [4.69, 9.17) is 0 Å². The number of aromatic amines is 1. The van der Waals surface area contributed by atoms with E-state index < -0.39 is 6.04 Å². The zero-order valence-corrected chi connectivity index (χ0v) is 17.0. The molecule has 1 aliphatic rings. The van der Waals surface area contributed by atoms with Crippen molar-refractivity contribution in [2.45, 2.75) is 45.6 Å². The van der Waals surface area contributed by atoms with Crippen LogP contribution < -0.4 is 10.6 Å². The molecule has 0 aliphatic carbocycles. The summed E-state index contributed by atoms with van der Waals surface area (Å²) in [6.45, 7) is 7.38. The first-order valence-electron chi connectivity index (χ1n) is 10.4. The maximum atomic E-state index is 12.9. The Morgan fingerprint density at radius 2 is 1.86 bits per heavy atom. The lowest BCUT2D eigenvalue weighted by molar-refractivity contribution is -0.130. The largest absolute Gasteiger partial charge is 0.361 e. The standard InChI is InChI=1S/C22H32N4O2/c1-16(2)21(27)25-20(14-17-15-24-19-9-5-4-8-18(17)19)22(28)23-10-13-26-11-6-3-7-12-26/h4-5,8-9,15-16,20,24H,3,6-7,10-14H2,1-2H3,(H,23,28)(H,25,27). The first kappa shape index (κ1) is 20.4. The molecule has 1 unspecified atom stereocenters. The minimum atomic E-state index is -0.574. The second-order valence-corrected chi connectivity index (χ2v) is 7.97. The van der Waals surface area contributed by atoms with E-state index in [-0.39, 0.29) is 17.7 Å². The second kappa shape index (κ2) is 9.73. The number of nitrogens with one attached hydrogen (secondary N) is 3. The van der Waals surface area contributed by atoms with Gasteiger partial charge in [0.05, 0.1) is 0 Å². The Morgan fingerprint density at radius 1 is 1.11 bits per heavy atom. The van der Waals surface area contributed by atoms with Crippen molar-refractivity contribution in [3.8, 4) is 0 Å². The summed E-state index contributed by atoms with van der Waals surface area (Å²) in [5, 5.41) is 7.05. The molecule has 1 aromatic carbocycles. The van der Waals surface area contributed by atoms with Crippen molar-refractivity contribution in [1.29, 1.82) is 0 Å². The molecule has 3 rings (SSSR count). The van der Waals surface area contributed by atoms with Crippen LogP contribution in [0.15, 0.2) is 30.5 Å². The number of H-pyrrole nitrogens is 1. The Bertz CT molecular complexity index is 793. The van der Waals surface area contributed by atoms with Gasteiger partial charge >= 0.3 is 0 Å². The third kappa shape index (κ3) is 5.35. The predicted octanol–water partition coefficient (Wildman–Crippen LogP) is 2.45. The van der Waals surface area contributed by atoms with Crippen LogP contribution in [0, 0.1) is 5.92 Å². The Morgan fingerprint density at radius 3 is 2.61 bits per heavy atom. The van der Waals surface area contributed by atoms with Crippen molar-refractivity contribution in [1.82, 2.24) is 20.5 Å². The van der Waals surface area contributed by atoms with E-state index in [1.807, 2.05) is 44.3 Å². The molecule has 0 radical (unpaired) electrons. The normalized spacial score (nSPS) is 16.2. The van der Waals surface area contributed by atoms with Crippen molar-refractivity contribution in [2.75, 3.05) is 26.2 Å². The van der Waals surface area contributed by atoms with Gasteiger partial charge in [-0.15, -0.1) is 0 Å². The summed E-state index contributed by atoms with van der Waals surface area (Å²) in [6, 6.07) is 7.44. The Kier molecular flexibility index (Phi) is 7.09. The van der Waals surface area contributed by atoms with Gasteiger partial charge in [0.2, 0.25) is 11.8 Å². The molecular formula is C22H32N4O2. The fourth-order valence-corrected chi connectivity index (χ4v) is 3.71. The first-order valence-corrected chi connectivity index (χ1v) is 10.4. The van der Waals surface area contributed by atoms with Gasteiger partial charge in [0.1, 0.15) is 6.04 Å². The Labute approximate surface area is 167 Å². The molecule has 6 nitrogen and oxygen atoms in total. The number of carbonyl (C=O) groups excluding carboxylic acids is 2. The summed E-state index contributed by atoms with van der Waals surface area (Å²) in [6.07, 6.45) is 6.18. The highest BCUT2D eigenvalue weighted by atomic mass is 16.2. The fraction of sp³-hybridized carbons (Fsp3) is 0.545. The highest BCUT2D eigenvalue weighted by Crippen LogP contribution is 2.19. The number of likely N-dealkylation sites (tertiary alicyclic amines) is 1. The average molecular weight is 385 g/mol. The zero-order valence-electron chi connectivity index (χ0n) is 17.0. The van der Waals surface area contributed by atoms with E-state index in [2.05, 4.69) is 20.5 Å². The second-order valence-electron chi connectivity index (χ2n) is 7.97. The number of hydrogen-bond acceptors (Lipinski definition) is 3. The molecule has 1 saturated heterocycles. The van der Waals surface area contributed by atoms with Crippen LogP contribution in [-0.4, -0.2) is 53.9 Å². The molecule has 1 atom stereocenters. The summed E-state index contributed by atoms with van der Waals surface area (Å²) in [5.74, 6) is -0.376. The van der Waals surface area contributed by atoms with Gasteiger partial charge in [0.25, 0.3) is 0 Å². The van der Waals surface area contributed by atoms with Gasteiger partial charge in [-0.2, -0.15) is 0 Å². The maximum absolute atomic E-state index is 12.9. The monoisotopic (exact) mass is 384 g/mol. The molecule has 2 amide bonds. The van der Waals surface area contributed by atoms with Crippen LogP contribution in [0.1, 0.15) is 38.7 Å². The third-order valence-electron chi connectivity index (χ3n) is 5.43. The molecule has 0 spiro atoms. The number of piperidine rings is 1. The fourth-order valence-electron chi connectivity index (χ4n) is 3.71. The number of para-hydroxylation sites is 1. The van der Waals surface area contributed by atoms with E-state index in [0.29, 0.717) is 13.0 Å². The van der Waals surface area contributed by atoms with Crippen LogP contribution in [0.2, 0.25) is 0 Å². The number of nitrogens with zero attached hydrogens (tertiary/aromatic N) is 1. The van der Waals surface area contributed by atoms with Crippen LogP contribution in [0.5, 0.6) is 0 Å². The van der Waals surface area contributed by atoms with Crippen molar-refractivity contribution in [2.24, 2.45) is 5.92 Å². The molecule has 1 fully saturated rings. The quantitative estimate of drug-likeness (QED) is 0.654. The van der Waals surface area contributed by atoms with E-state index >= 15 is 0 Å². The van der Waals surface area contributed by atoms with Gasteiger partial charge in [0.15, 0.2) is 0 Å². The zero-order chi connectivity index (χ0) is 19.9. The summed E-state index contributed by atoms with van der Waals surface area (Å²) in [4.78, 5) is 30.8. The summed E-state index contributed by atoms with van der Waals surface area (Å²) in [7, 11) is 0. The number of amides is 2. The molecule has 0 bridgehead atoms. The number of aromatic nitrogens is 1. The van der Waals surface area contributed by atoms with Gasteiger partial charge < -0.3 is 20.5 Å². The Balaban J connectivity index is 1.63. The van der Waals surface area contributed by atoms with Gasteiger partial charge in [-0.3, -0.25) is 9.59 Å². The molecule has 3 N–H and O–H groups in total. The lowest BCUT2D eigenvalue weighted by atomic mass is 10.0. The first-order chi connectivity index (χ1) is 13.5. The van der Waals surface area contributed by atoms with Crippen LogP contribution in [-0.2, 0) is 16.0 Å². The van der Waals surface area contributed by atoms with E-state index in [1.54, 1.807) is 0 Å². The van der Waals surface area contributed by atoms with Gasteiger partial charge in [-0.1, -0.05) is 38.5 Å². The van der Waals surface area contributed by atoms with Gasteiger partial charge in [0, 0.05) is 42.5 Å². The van der Waals surface area contributed by atoms with E-state index in [1.165, 1.54) is 19.3 Å². The lowest BCUT2D eigenvalue weighted by Gasteiger charge is -2.27. The molecule has 28 heavy (non-hydrogen) atoms. The van der Waals surface area contributed by atoms with Crippen molar-refractivity contribution >= 4 is 22.7 Å². The summed E-state index contributed by atoms with van der Waals surface area (Å²) in [5.41, 5.74) is 2.08. The Hall–Kier alpha value is -2.34. The van der Waals surface area contributed by atoms with Crippen molar-refractivity contribution < 1.29 is 9.59 Å². The number of fused-ring (bicyclic) bond motifs is 1. The number of rotatable bonds is 8. The summed E-state index contributed by atoms with van der Waals surface area (Å²) < 4.78 is 0. The van der Waals surface area contributed by atoms with Crippen molar-refractivity contribution in [3.05, 3.63) is 36.0 Å².